The Labute approximate surface area is 219 Å². The molecule has 4 amide bonds. The lowest BCUT2D eigenvalue weighted by Crippen LogP contribution is -2.55. The molecule has 3 unspecified atom stereocenters. The first-order valence-corrected chi connectivity index (χ1v) is 12.6. The van der Waals surface area contributed by atoms with Gasteiger partial charge in [-0.2, -0.15) is 0 Å². The number of carbonyl (C=O) groups is 3. The summed E-state index contributed by atoms with van der Waals surface area (Å²) < 4.78 is 18.6. The Morgan fingerprint density at radius 1 is 1.16 bits per heavy atom. The van der Waals surface area contributed by atoms with Crippen molar-refractivity contribution < 1.29 is 23.5 Å². The minimum absolute atomic E-state index is 0.0855. The van der Waals surface area contributed by atoms with Gasteiger partial charge in [0.2, 0.25) is 5.91 Å². The van der Waals surface area contributed by atoms with Crippen LogP contribution >= 0.6 is 11.6 Å². The van der Waals surface area contributed by atoms with Gasteiger partial charge in [-0.1, -0.05) is 23.7 Å². The summed E-state index contributed by atoms with van der Waals surface area (Å²) in [6, 6.07) is 8.60. The lowest BCUT2D eigenvalue weighted by atomic mass is 10.1. The van der Waals surface area contributed by atoms with Crippen molar-refractivity contribution in [1.29, 1.82) is 0 Å². The van der Waals surface area contributed by atoms with Gasteiger partial charge in [0.25, 0.3) is 5.91 Å². The van der Waals surface area contributed by atoms with Crippen LogP contribution in [-0.4, -0.2) is 66.0 Å². The van der Waals surface area contributed by atoms with Crippen LogP contribution in [0, 0.1) is 5.82 Å². The molecule has 0 spiro atoms. The zero-order chi connectivity index (χ0) is 26.3. The third-order valence-electron chi connectivity index (χ3n) is 7.21. The van der Waals surface area contributed by atoms with E-state index in [1.807, 2.05) is 4.90 Å². The molecule has 8 nitrogen and oxygen atoms in total. The molecule has 0 aliphatic carbocycles. The fourth-order valence-electron chi connectivity index (χ4n) is 5.45. The molecule has 194 valence electrons. The number of nitrogens with one attached hydrogen (secondary N) is 1. The van der Waals surface area contributed by atoms with Crippen LogP contribution in [0.3, 0.4) is 0 Å². The Hall–Kier alpha value is -3.43. The van der Waals surface area contributed by atoms with Gasteiger partial charge in [-0.15, -0.1) is 0 Å². The maximum absolute atomic E-state index is 13.3. The minimum Gasteiger partial charge on any atom is -0.495 e. The molecule has 1 N–H and O–H groups in total. The number of ether oxygens (including phenoxy) is 1. The molecule has 3 atom stereocenters. The SMILES string of the molecule is COc1cc(C=CC(=O)N2C3CCC2CN(Cc2ccc(F)cc2)C3)c(N2C(=O)NC(C)C2=O)cc1Cl. The molecule has 2 aromatic rings. The Bertz CT molecular complexity index is 1250. The number of piperazine rings is 1. The molecular formula is C27H28ClFN4O4. The molecule has 10 heteroatoms. The molecule has 5 rings (SSSR count). The van der Waals surface area contributed by atoms with Gasteiger partial charge >= 0.3 is 6.03 Å². The van der Waals surface area contributed by atoms with E-state index in [2.05, 4.69) is 10.2 Å². The van der Waals surface area contributed by atoms with E-state index < -0.39 is 18.0 Å². The molecular weight excluding hydrogens is 499 g/mol. The first kappa shape index (κ1) is 25.2. The quantitative estimate of drug-likeness (QED) is 0.457. The highest BCUT2D eigenvalue weighted by atomic mass is 35.5. The second kappa shape index (κ2) is 10.1. The number of amides is 4. The minimum atomic E-state index is -0.659. The Morgan fingerprint density at radius 2 is 1.84 bits per heavy atom. The van der Waals surface area contributed by atoms with Gasteiger partial charge in [0.1, 0.15) is 17.6 Å². The van der Waals surface area contributed by atoms with Gasteiger partial charge in [-0.3, -0.25) is 14.5 Å². The van der Waals surface area contributed by atoms with Gasteiger partial charge in [0.05, 0.1) is 17.8 Å². The van der Waals surface area contributed by atoms with Crippen LogP contribution in [0.4, 0.5) is 14.9 Å². The third kappa shape index (κ3) is 4.93. The summed E-state index contributed by atoms with van der Waals surface area (Å²) in [6.07, 6.45) is 4.93. The number of anilines is 1. The molecule has 2 bridgehead atoms. The van der Waals surface area contributed by atoms with Crippen LogP contribution in [-0.2, 0) is 16.1 Å². The highest BCUT2D eigenvalue weighted by Crippen LogP contribution is 2.36. The van der Waals surface area contributed by atoms with Crippen molar-refractivity contribution in [3.05, 3.63) is 64.4 Å². The molecule has 0 saturated carbocycles. The number of likely N-dealkylation sites (tertiary alicyclic amines) is 1. The largest absolute Gasteiger partial charge is 0.495 e. The summed E-state index contributed by atoms with van der Waals surface area (Å²) >= 11 is 6.30. The highest BCUT2D eigenvalue weighted by molar-refractivity contribution is 6.33. The third-order valence-corrected chi connectivity index (χ3v) is 7.51. The Kier molecular flexibility index (Phi) is 6.92. The number of urea groups is 1. The highest BCUT2D eigenvalue weighted by Gasteiger charge is 2.42. The smallest absolute Gasteiger partial charge is 0.329 e. The number of halogens is 2. The molecule has 0 radical (unpaired) electrons. The number of imide groups is 1. The van der Waals surface area contributed by atoms with E-state index in [4.69, 9.17) is 16.3 Å². The Balaban J connectivity index is 1.34. The second-order valence-corrected chi connectivity index (χ2v) is 10.1. The monoisotopic (exact) mass is 526 g/mol. The van der Waals surface area contributed by atoms with Gasteiger partial charge in [0.15, 0.2) is 0 Å². The number of rotatable bonds is 6. The number of hydrogen-bond donors (Lipinski definition) is 1. The van der Waals surface area contributed by atoms with Gasteiger partial charge in [-0.25, -0.2) is 14.1 Å². The predicted octanol–water partition coefficient (Wildman–Crippen LogP) is 3.82. The lowest BCUT2D eigenvalue weighted by Gasteiger charge is -2.40. The van der Waals surface area contributed by atoms with Crippen molar-refractivity contribution in [3.8, 4) is 5.75 Å². The number of hydrogen-bond acceptors (Lipinski definition) is 5. The van der Waals surface area contributed by atoms with E-state index in [0.29, 0.717) is 17.9 Å². The van der Waals surface area contributed by atoms with E-state index in [9.17, 15) is 18.8 Å². The maximum atomic E-state index is 13.3. The molecule has 3 saturated heterocycles. The van der Waals surface area contributed by atoms with E-state index in [0.717, 1.165) is 36.4 Å². The first-order chi connectivity index (χ1) is 17.7. The molecule has 37 heavy (non-hydrogen) atoms. The van der Waals surface area contributed by atoms with Crippen molar-refractivity contribution in [2.45, 2.75) is 44.4 Å². The topological polar surface area (TPSA) is 82.2 Å². The van der Waals surface area contributed by atoms with Crippen LogP contribution in [0.2, 0.25) is 5.02 Å². The fourth-order valence-corrected chi connectivity index (χ4v) is 5.68. The van der Waals surface area contributed by atoms with E-state index in [-0.39, 0.29) is 34.5 Å². The summed E-state index contributed by atoms with van der Waals surface area (Å²) in [4.78, 5) is 43.7. The number of methoxy groups -OCH3 is 1. The average Bonchev–Trinajstić information content (AvgIpc) is 3.29. The van der Waals surface area contributed by atoms with Gasteiger partial charge in [-0.05, 0) is 55.7 Å². The number of nitrogens with zero attached hydrogens (tertiary/aromatic N) is 3. The van der Waals surface area contributed by atoms with E-state index in [1.165, 1.54) is 31.4 Å². The molecule has 0 aromatic heterocycles. The normalized spacial score (nSPS) is 23.7. The maximum Gasteiger partial charge on any atom is 0.329 e. The van der Waals surface area contributed by atoms with Crippen LogP contribution in [0.15, 0.2) is 42.5 Å². The number of fused-ring (bicyclic) bond motifs is 2. The summed E-state index contributed by atoms with van der Waals surface area (Å²) in [7, 11) is 1.47. The summed E-state index contributed by atoms with van der Waals surface area (Å²) in [5.41, 5.74) is 1.79. The first-order valence-electron chi connectivity index (χ1n) is 12.2. The van der Waals surface area contributed by atoms with Crippen molar-refractivity contribution in [1.82, 2.24) is 15.1 Å². The molecule has 3 fully saturated rings. The standard InChI is InChI=1S/C27H28ClFN4O4/c1-16-26(35)33(27(36)30-16)23-12-22(28)24(37-2)11-18(23)5-10-25(34)32-20-8-9-21(32)15-31(14-20)13-17-3-6-19(29)7-4-17/h3-7,10-12,16,20-21H,8-9,13-15H2,1-2H3,(H,30,36). The van der Waals surface area contributed by atoms with Crippen LogP contribution < -0.4 is 15.0 Å². The second-order valence-electron chi connectivity index (χ2n) is 9.67. The number of benzene rings is 2. The summed E-state index contributed by atoms with van der Waals surface area (Å²) in [5.74, 6) is -0.411. The van der Waals surface area contributed by atoms with Gasteiger partial charge in [0, 0.05) is 43.4 Å². The van der Waals surface area contributed by atoms with Crippen molar-refractivity contribution >= 4 is 41.2 Å². The number of carbonyl (C=O) groups excluding carboxylic acids is 3. The predicted molar refractivity (Wildman–Crippen MR) is 138 cm³/mol. The summed E-state index contributed by atoms with van der Waals surface area (Å²) in [6.45, 7) is 3.81. The van der Waals surface area contributed by atoms with Crippen molar-refractivity contribution in [2.24, 2.45) is 0 Å². The zero-order valence-electron chi connectivity index (χ0n) is 20.6. The Morgan fingerprint density at radius 3 is 2.43 bits per heavy atom. The van der Waals surface area contributed by atoms with E-state index in [1.54, 1.807) is 31.2 Å². The van der Waals surface area contributed by atoms with Crippen LogP contribution in [0.1, 0.15) is 30.9 Å². The zero-order valence-corrected chi connectivity index (χ0v) is 21.4. The van der Waals surface area contributed by atoms with Crippen LogP contribution in [0.5, 0.6) is 5.75 Å². The molecule has 3 aliphatic rings. The molecule has 3 heterocycles. The molecule has 2 aromatic carbocycles. The average molecular weight is 527 g/mol. The summed E-state index contributed by atoms with van der Waals surface area (Å²) in [5, 5.41) is 2.84. The fraction of sp³-hybridized carbons (Fsp3) is 0.370. The van der Waals surface area contributed by atoms with Crippen molar-refractivity contribution in [2.75, 3.05) is 25.1 Å². The lowest BCUT2D eigenvalue weighted by molar-refractivity contribution is -0.131. The van der Waals surface area contributed by atoms with Gasteiger partial charge < -0.3 is 15.0 Å². The van der Waals surface area contributed by atoms with E-state index >= 15 is 0 Å². The van der Waals surface area contributed by atoms with Crippen molar-refractivity contribution in [3.63, 3.8) is 0 Å². The molecule has 3 aliphatic heterocycles. The van der Waals surface area contributed by atoms with Crippen LogP contribution in [0.25, 0.3) is 6.08 Å².